The lowest BCUT2D eigenvalue weighted by molar-refractivity contribution is -0.144. The van der Waals surface area contributed by atoms with Gasteiger partial charge in [-0.1, -0.05) is 31.6 Å². The van der Waals surface area contributed by atoms with E-state index in [2.05, 4.69) is 39.8 Å². The van der Waals surface area contributed by atoms with Crippen molar-refractivity contribution < 1.29 is 9.53 Å². The monoisotopic (exact) mass is 262 g/mol. The minimum absolute atomic E-state index is 0.0809. The van der Waals surface area contributed by atoms with Crippen molar-refractivity contribution >= 4 is 5.97 Å². The lowest BCUT2D eigenvalue weighted by Crippen LogP contribution is -2.17. The average molecular weight is 262 g/mol. The van der Waals surface area contributed by atoms with Crippen LogP contribution in [0, 0.1) is 17.3 Å². The Kier molecular flexibility index (Phi) is 3.89. The van der Waals surface area contributed by atoms with Crippen LogP contribution in [0.1, 0.15) is 53.9 Å². The number of rotatable bonds is 1. The summed E-state index contributed by atoms with van der Waals surface area (Å²) >= 11 is 0. The van der Waals surface area contributed by atoms with Gasteiger partial charge in [-0.2, -0.15) is 0 Å². The summed E-state index contributed by atoms with van der Waals surface area (Å²) in [5, 5.41) is 0. The number of esters is 1. The maximum atomic E-state index is 11.2. The quantitative estimate of drug-likeness (QED) is 0.521. The summed E-state index contributed by atoms with van der Waals surface area (Å²) in [7, 11) is 0. The molecule has 2 rings (SSSR count). The summed E-state index contributed by atoms with van der Waals surface area (Å²) in [6.45, 7) is 10.5. The van der Waals surface area contributed by atoms with E-state index in [1.807, 2.05) is 0 Å². The van der Waals surface area contributed by atoms with E-state index < -0.39 is 0 Å². The summed E-state index contributed by atoms with van der Waals surface area (Å²) in [6, 6.07) is 0. The zero-order chi connectivity index (χ0) is 14.2. The van der Waals surface area contributed by atoms with E-state index in [4.69, 9.17) is 4.74 Å². The number of fused-ring (bicyclic) bond motifs is 1. The molecule has 2 nitrogen and oxygen atoms in total. The molecular formula is C17H26O2. The Hall–Kier alpha value is -1.05. The summed E-state index contributed by atoms with van der Waals surface area (Å²) in [5.41, 5.74) is 3.04. The van der Waals surface area contributed by atoms with Crippen molar-refractivity contribution in [2.45, 2.75) is 60.0 Å². The summed E-state index contributed by atoms with van der Waals surface area (Å²) < 4.78 is 5.47. The van der Waals surface area contributed by atoms with Crippen LogP contribution in [0.3, 0.4) is 0 Å². The second kappa shape index (κ2) is 5.15. The number of hydrogen-bond donors (Lipinski definition) is 0. The second-order valence-corrected chi connectivity index (χ2v) is 6.79. The molecule has 1 saturated carbocycles. The molecule has 0 aromatic carbocycles. The highest BCUT2D eigenvalue weighted by atomic mass is 16.5. The van der Waals surface area contributed by atoms with Gasteiger partial charge in [0.2, 0.25) is 0 Å². The number of ether oxygens (including phenoxy) is 1. The topological polar surface area (TPSA) is 26.3 Å². The van der Waals surface area contributed by atoms with Gasteiger partial charge in [-0.25, -0.2) is 0 Å². The average Bonchev–Trinajstić information content (AvgIpc) is 2.81. The molecule has 0 aromatic heterocycles. The summed E-state index contributed by atoms with van der Waals surface area (Å²) in [4.78, 5) is 11.2. The number of carbonyl (C=O) groups excluding carboxylic acids is 1. The lowest BCUT2D eigenvalue weighted by Gasteiger charge is -2.18. The molecule has 19 heavy (non-hydrogen) atoms. The van der Waals surface area contributed by atoms with Crippen LogP contribution in [0.15, 0.2) is 23.3 Å². The molecule has 2 heteroatoms. The standard InChI is InChI=1S/C17H26O2/c1-11-6-8-14-15(17(14,4)5)10-12(2)16(9-7-11)19-13(3)18/h7,10,14-16H,6,8-9H2,1-5H3/b11-7+,12-10?/t14-,15+,16-/m1/s1. The molecule has 0 amide bonds. The highest BCUT2D eigenvalue weighted by Gasteiger charge is 2.55. The predicted molar refractivity (Wildman–Crippen MR) is 77.7 cm³/mol. The van der Waals surface area contributed by atoms with Crippen LogP contribution < -0.4 is 0 Å². The van der Waals surface area contributed by atoms with Crippen LogP contribution in [0.2, 0.25) is 0 Å². The highest BCUT2D eigenvalue weighted by Crippen LogP contribution is 2.61. The Morgan fingerprint density at radius 3 is 2.68 bits per heavy atom. The number of hydrogen-bond acceptors (Lipinski definition) is 2. The molecule has 0 spiro atoms. The van der Waals surface area contributed by atoms with Crippen LogP contribution in [-0.2, 0) is 9.53 Å². The van der Waals surface area contributed by atoms with Gasteiger partial charge >= 0.3 is 5.97 Å². The molecule has 0 N–H and O–H groups in total. The molecule has 0 aromatic rings. The fourth-order valence-corrected chi connectivity index (χ4v) is 3.38. The van der Waals surface area contributed by atoms with Crippen LogP contribution >= 0.6 is 0 Å². The van der Waals surface area contributed by atoms with Gasteiger partial charge in [-0.05, 0) is 49.5 Å². The third kappa shape index (κ3) is 3.10. The minimum Gasteiger partial charge on any atom is -0.458 e. The highest BCUT2D eigenvalue weighted by molar-refractivity contribution is 5.66. The molecule has 0 bridgehead atoms. The Balaban J connectivity index is 2.22. The number of carbonyl (C=O) groups is 1. The van der Waals surface area contributed by atoms with E-state index in [0.717, 1.165) is 12.3 Å². The SMILES string of the molecule is CC(=O)O[C@@H]1C/C=C(\C)CC[C@@H]2[C@H](C=C1C)C2(C)C. The van der Waals surface area contributed by atoms with E-state index in [1.165, 1.54) is 30.9 Å². The van der Waals surface area contributed by atoms with Crippen molar-refractivity contribution in [2.75, 3.05) is 0 Å². The minimum atomic E-state index is -0.188. The molecule has 1 fully saturated rings. The van der Waals surface area contributed by atoms with Crippen molar-refractivity contribution in [3.05, 3.63) is 23.3 Å². The van der Waals surface area contributed by atoms with E-state index in [1.54, 1.807) is 0 Å². The molecule has 2 aliphatic rings. The first-order valence-corrected chi connectivity index (χ1v) is 7.33. The maximum Gasteiger partial charge on any atom is 0.303 e. The normalized spacial score (nSPS) is 36.4. The fraction of sp³-hybridized carbons (Fsp3) is 0.706. The largest absolute Gasteiger partial charge is 0.458 e. The first kappa shape index (κ1) is 14.4. The summed E-state index contributed by atoms with van der Waals surface area (Å²) in [6.07, 6.45) is 7.77. The second-order valence-electron chi connectivity index (χ2n) is 6.79. The first-order chi connectivity index (χ1) is 8.82. The predicted octanol–water partition coefficient (Wildman–Crippen LogP) is 4.27. The van der Waals surface area contributed by atoms with Gasteiger partial charge in [0, 0.05) is 13.3 Å². The van der Waals surface area contributed by atoms with E-state index in [9.17, 15) is 4.79 Å². The molecule has 0 saturated heterocycles. The van der Waals surface area contributed by atoms with Gasteiger partial charge in [-0.15, -0.1) is 0 Å². The van der Waals surface area contributed by atoms with E-state index >= 15 is 0 Å². The Morgan fingerprint density at radius 1 is 1.37 bits per heavy atom. The smallest absolute Gasteiger partial charge is 0.303 e. The number of allylic oxidation sites excluding steroid dienone is 2. The third-order valence-corrected chi connectivity index (χ3v) is 4.93. The zero-order valence-corrected chi connectivity index (χ0v) is 12.8. The molecule has 0 unspecified atom stereocenters. The van der Waals surface area contributed by atoms with Gasteiger partial charge in [0.25, 0.3) is 0 Å². The van der Waals surface area contributed by atoms with Crippen LogP contribution in [0.4, 0.5) is 0 Å². The lowest BCUT2D eigenvalue weighted by atomic mass is 9.99. The van der Waals surface area contributed by atoms with Crippen molar-refractivity contribution in [3.8, 4) is 0 Å². The third-order valence-electron chi connectivity index (χ3n) is 4.93. The van der Waals surface area contributed by atoms with Crippen LogP contribution in [0.5, 0.6) is 0 Å². The van der Waals surface area contributed by atoms with Crippen LogP contribution in [-0.4, -0.2) is 12.1 Å². The molecule has 3 atom stereocenters. The van der Waals surface area contributed by atoms with Crippen molar-refractivity contribution in [3.63, 3.8) is 0 Å². The van der Waals surface area contributed by atoms with Gasteiger partial charge in [-0.3, -0.25) is 4.79 Å². The van der Waals surface area contributed by atoms with Gasteiger partial charge < -0.3 is 4.74 Å². The van der Waals surface area contributed by atoms with Gasteiger partial charge in [0.15, 0.2) is 0 Å². The van der Waals surface area contributed by atoms with E-state index in [0.29, 0.717) is 11.3 Å². The molecular weight excluding hydrogens is 236 g/mol. The Bertz CT molecular complexity index is 429. The fourth-order valence-electron chi connectivity index (χ4n) is 3.38. The Labute approximate surface area is 116 Å². The zero-order valence-electron chi connectivity index (χ0n) is 12.8. The van der Waals surface area contributed by atoms with Crippen molar-refractivity contribution in [1.29, 1.82) is 0 Å². The maximum absolute atomic E-state index is 11.2. The van der Waals surface area contributed by atoms with Crippen LogP contribution in [0.25, 0.3) is 0 Å². The molecule has 2 aliphatic carbocycles. The van der Waals surface area contributed by atoms with E-state index in [-0.39, 0.29) is 12.1 Å². The molecule has 0 radical (unpaired) electrons. The molecule has 0 aliphatic heterocycles. The van der Waals surface area contributed by atoms with Crippen molar-refractivity contribution in [2.24, 2.45) is 17.3 Å². The molecule has 0 heterocycles. The summed E-state index contributed by atoms with van der Waals surface area (Å²) in [5.74, 6) is 1.24. The van der Waals surface area contributed by atoms with Gasteiger partial charge in [0.1, 0.15) is 6.10 Å². The van der Waals surface area contributed by atoms with Crippen molar-refractivity contribution in [1.82, 2.24) is 0 Å². The Morgan fingerprint density at radius 2 is 2.05 bits per heavy atom. The van der Waals surface area contributed by atoms with Gasteiger partial charge in [0.05, 0.1) is 0 Å². The first-order valence-electron chi connectivity index (χ1n) is 7.33. The molecule has 106 valence electrons.